The van der Waals surface area contributed by atoms with Crippen LogP contribution in [0.3, 0.4) is 0 Å². The molecule has 0 radical (unpaired) electrons. The Morgan fingerprint density at radius 3 is 1.65 bits per heavy atom. The molecular formula is C10H9NO6. The zero-order valence-electron chi connectivity index (χ0n) is 8.45. The van der Waals surface area contributed by atoms with Crippen LogP contribution in [0.1, 0.15) is 32.3 Å². The molecule has 1 unspecified atom stereocenters. The second-order valence-corrected chi connectivity index (χ2v) is 3.27. The number of aliphatic carboxylic acids is 1. The van der Waals surface area contributed by atoms with Crippen LogP contribution in [0.25, 0.3) is 0 Å². The number of carboxylic acids is 3. The lowest BCUT2D eigenvalue weighted by atomic mass is 10.0. The van der Waals surface area contributed by atoms with E-state index >= 15 is 0 Å². The third-order valence-corrected chi connectivity index (χ3v) is 2.07. The molecule has 0 saturated heterocycles. The quantitative estimate of drug-likeness (QED) is 0.587. The van der Waals surface area contributed by atoms with Crippen molar-refractivity contribution in [2.45, 2.75) is 6.04 Å². The van der Waals surface area contributed by atoms with Gasteiger partial charge in [-0.25, -0.2) is 9.59 Å². The normalized spacial score (nSPS) is 11.8. The van der Waals surface area contributed by atoms with E-state index in [1.807, 2.05) is 0 Å². The van der Waals surface area contributed by atoms with Gasteiger partial charge in [0.1, 0.15) is 6.04 Å². The molecule has 0 aliphatic heterocycles. The molecule has 90 valence electrons. The fraction of sp³-hybridized carbons (Fsp3) is 0.100. The molecule has 17 heavy (non-hydrogen) atoms. The van der Waals surface area contributed by atoms with Gasteiger partial charge in [0.25, 0.3) is 0 Å². The first kappa shape index (κ1) is 12.7. The molecule has 7 heteroatoms. The van der Waals surface area contributed by atoms with E-state index in [2.05, 4.69) is 0 Å². The predicted molar refractivity (Wildman–Crippen MR) is 54.9 cm³/mol. The van der Waals surface area contributed by atoms with Crippen molar-refractivity contribution >= 4 is 17.9 Å². The summed E-state index contributed by atoms with van der Waals surface area (Å²) in [5.74, 6) is -4.08. The molecule has 0 amide bonds. The molecule has 0 aromatic heterocycles. The number of benzene rings is 1. The Kier molecular flexibility index (Phi) is 3.44. The third kappa shape index (κ3) is 2.79. The van der Waals surface area contributed by atoms with Gasteiger partial charge in [-0.2, -0.15) is 0 Å². The fourth-order valence-corrected chi connectivity index (χ4v) is 1.22. The zero-order chi connectivity index (χ0) is 13.2. The molecule has 0 bridgehead atoms. The lowest BCUT2D eigenvalue weighted by molar-refractivity contribution is -0.138. The van der Waals surface area contributed by atoms with Crippen molar-refractivity contribution in [3.05, 3.63) is 34.9 Å². The monoisotopic (exact) mass is 239 g/mol. The molecule has 0 saturated carbocycles. The highest BCUT2D eigenvalue weighted by Crippen LogP contribution is 2.16. The average Bonchev–Trinajstić information content (AvgIpc) is 2.27. The molecule has 0 heterocycles. The third-order valence-electron chi connectivity index (χ3n) is 2.07. The summed E-state index contributed by atoms with van der Waals surface area (Å²) in [6.45, 7) is 0. The summed E-state index contributed by atoms with van der Waals surface area (Å²) >= 11 is 0. The Labute approximate surface area is 95.1 Å². The Morgan fingerprint density at radius 2 is 1.35 bits per heavy atom. The molecule has 1 atom stereocenters. The van der Waals surface area contributed by atoms with E-state index in [1.54, 1.807) is 0 Å². The van der Waals surface area contributed by atoms with E-state index in [0.717, 1.165) is 18.2 Å². The predicted octanol–water partition coefficient (Wildman–Crippen LogP) is 0.167. The number of hydrogen-bond acceptors (Lipinski definition) is 4. The highest BCUT2D eigenvalue weighted by Gasteiger charge is 2.19. The number of aromatic carboxylic acids is 2. The molecule has 0 fully saturated rings. The van der Waals surface area contributed by atoms with Crippen molar-refractivity contribution in [3.63, 3.8) is 0 Å². The second-order valence-electron chi connectivity index (χ2n) is 3.27. The zero-order valence-corrected chi connectivity index (χ0v) is 8.45. The van der Waals surface area contributed by atoms with Gasteiger partial charge in [-0.3, -0.25) is 4.79 Å². The van der Waals surface area contributed by atoms with Crippen molar-refractivity contribution in [2.75, 3.05) is 0 Å². The van der Waals surface area contributed by atoms with Crippen LogP contribution in [0.2, 0.25) is 0 Å². The first-order valence-electron chi connectivity index (χ1n) is 4.43. The van der Waals surface area contributed by atoms with Crippen LogP contribution < -0.4 is 5.73 Å². The number of carboxylic acid groups (broad SMARTS) is 3. The van der Waals surface area contributed by atoms with E-state index in [-0.39, 0.29) is 16.7 Å². The highest BCUT2D eigenvalue weighted by molar-refractivity contribution is 5.94. The van der Waals surface area contributed by atoms with Crippen molar-refractivity contribution in [1.29, 1.82) is 0 Å². The van der Waals surface area contributed by atoms with E-state index in [0.29, 0.717) is 0 Å². The minimum atomic E-state index is -1.47. The SMILES string of the molecule is NC(C(=O)O)c1cc(C(=O)O)cc(C(=O)O)c1. The first-order chi connectivity index (χ1) is 7.82. The van der Waals surface area contributed by atoms with Gasteiger partial charge in [0.15, 0.2) is 0 Å². The Bertz CT molecular complexity index is 463. The second kappa shape index (κ2) is 4.62. The summed E-state index contributed by atoms with van der Waals surface area (Å²) in [5, 5.41) is 26.2. The van der Waals surface area contributed by atoms with E-state index in [1.165, 1.54) is 0 Å². The van der Waals surface area contributed by atoms with Crippen LogP contribution >= 0.6 is 0 Å². The number of carbonyl (C=O) groups is 3. The number of nitrogens with two attached hydrogens (primary N) is 1. The van der Waals surface area contributed by atoms with Crippen LogP contribution in [-0.4, -0.2) is 33.2 Å². The van der Waals surface area contributed by atoms with E-state index < -0.39 is 23.9 Å². The van der Waals surface area contributed by atoms with Crippen molar-refractivity contribution in [2.24, 2.45) is 5.73 Å². The van der Waals surface area contributed by atoms with Crippen molar-refractivity contribution in [1.82, 2.24) is 0 Å². The van der Waals surface area contributed by atoms with Gasteiger partial charge in [0, 0.05) is 0 Å². The maximum atomic E-state index is 10.7. The topological polar surface area (TPSA) is 138 Å². The summed E-state index contributed by atoms with van der Waals surface area (Å²) < 4.78 is 0. The standard InChI is InChI=1S/C10H9NO6/c11-7(10(16)17)4-1-5(8(12)13)3-6(2-4)9(14)15/h1-3,7H,11H2,(H,12,13)(H,14,15)(H,16,17). The lowest BCUT2D eigenvalue weighted by Gasteiger charge is -2.09. The van der Waals surface area contributed by atoms with Crippen LogP contribution in [-0.2, 0) is 4.79 Å². The van der Waals surface area contributed by atoms with E-state index in [4.69, 9.17) is 21.1 Å². The fourth-order valence-electron chi connectivity index (χ4n) is 1.22. The molecule has 1 aromatic carbocycles. The molecule has 5 N–H and O–H groups in total. The smallest absolute Gasteiger partial charge is 0.335 e. The lowest BCUT2D eigenvalue weighted by Crippen LogP contribution is -2.21. The summed E-state index contributed by atoms with van der Waals surface area (Å²) in [7, 11) is 0. The van der Waals surface area contributed by atoms with Gasteiger partial charge in [0.05, 0.1) is 11.1 Å². The van der Waals surface area contributed by atoms with Gasteiger partial charge >= 0.3 is 17.9 Å². The Hall–Kier alpha value is -2.41. The molecule has 1 rings (SSSR count). The minimum absolute atomic E-state index is 0.0743. The maximum Gasteiger partial charge on any atom is 0.335 e. The number of hydrogen-bond donors (Lipinski definition) is 4. The summed E-state index contributed by atoms with van der Waals surface area (Å²) in [4.78, 5) is 32.1. The summed E-state index contributed by atoms with van der Waals surface area (Å²) in [6.07, 6.45) is 0. The minimum Gasteiger partial charge on any atom is -0.480 e. The Morgan fingerprint density at radius 1 is 0.941 bits per heavy atom. The molecule has 0 aliphatic carbocycles. The van der Waals surface area contributed by atoms with Crippen LogP contribution in [0.5, 0.6) is 0 Å². The van der Waals surface area contributed by atoms with Gasteiger partial charge in [-0.1, -0.05) is 0 Å². The van der Waals surface area contributed by atoms with E-state index in [9.17, 15) is 14.4 Å². The van der Waals surface area contributed by atoms with Crippen LogP contribution in [0, 0.1) is 0 Å². The molecule has 1 aromatic rings. The van der Waals surface area contributed by atoms with Gasteiger partial charge in [0.2, 0.25) is 0 Å². The summed E-state index contributed by atoms with van der Waals surface area (Å²) in [6, 6.07) is 1.54. The Balaban J connectivity index is 3.36. The van der Waals surface area contributed by atoms with Crippen molar-refractivity contribution < 1.29 is 29.7 Å². The van der Waals surface area contributed by atoms with Gasteiger partial charge in [-0.05, 0) is 23.8 Å². The maximum absolute atomic E-state index is 10.7. The summed E-state index contributed by atoms with van der Waals surface area (Å²) in [5.41, 5.74) is 4.57. The number of rotatable bonds is 4. The van der Waals surface area contributed by atoms with Crippen molar-refractivity contribution in [3.8, 4) is 0 Å². The molecule has 0 aliphatic rings. The molecule has 7 nitrogen and oxygen atoms in total. The first-order valence-corrected chi connectivity index (χ1v) is 4.43. The van der Waals surface area contributed by atoms with Crippen LogP contribution in [0.4, 0.5) is 0 Å². The largest absolute Gasteiger partial charge is 0.480 e. The molecular weight excluding hydrogens is 230 g/mol. The average molecular weight is 239 g/mol. The highest BCUT2D eigenvalue weighted by atomic mass is 16.4. The van der Waals surface area contributed by atoms with Crippen LogP contribution in [0.15, 0.2) is 18.2 Å². The van der Waals surface area contributed by atoms with Gasteiger partial charge in [-0.15, -0.1) is 0 Å². The molecule has 0 spiro atoms. The van der Waals surface area contributed by atoms with Gasteiger partial charge < -0.3 is 21.1 Å².